The van der Waals surface area contributed by atoms with Gasteiger partial charge in [0, 0.05) is 24.6 Å². The first-order chi connectivity index (χ1) is 15.0. The van der Waals surface area contributed by atoms with Crippen LogP contribution < -0.4 is 5.32 Å². The van der Waals surface area contributed by atoms with Gasteiger partial charge in [-0.1, -0.05) is 6.07 Å². The molecule has 0 bridgehead atoms. The topological polar surface area (TPSA) is 147 Å². The minimum absolute atomic E-state index is 0.116. The molecule has 1 amide bonds. The quantitative estimate of drug-likeness (QED) is 0.391. The lowest BCUT2D eigenvalue weighted by Crippen LogP contribution is -2.73. The van der Waals surface area contributed by atoms with Crippen LogP contribution in [0.25, 0.3) is 5.76 Å². The minimum atomic E-state index is -2.58. The zero-order valence-corrected chi connectivity index (χ0v) is 18.4. The Morgan fingerprint density at radius 2 is 1.88 bits per heavy atom. The zero-order chi connectivity index (χ0) is 23.7. The molecule has 3 aliphatic rings. The van der Waals surface area contributed by atoms with E-state index in [2.05, 4.69) is 5.32 Å². The molecule has 6 atom stereocenters. The van der Waals surface area contributed by atoms with Crippen molar-refractivity contribution in [1.29, 1.82) is 0 Å². The molecule has 2 saturated carbocycles. The van der Waals surface area contributed by atoms with Crippen molar-refractivity contribution >= 4 is 23.2 Å². The molecule has 3 aliphatic carbocycles. The largest absolute Gasteiger partial charge is 0.507 e. The van der Waals surface area contributed by atoms with Crippen LogP contribution >= 0.6 is 0 Å². The first-order valence-corrected chi connectivity index (χ1v) is 10.6. The summed E-state index contributed by atoms with van der Waals surface area (Å²) in [5.41, 5.74) is -1.04. The number of aryl methyl sites for hydroxylation is 1. The average Bonchev–Trinajstić information content (AvgIpc) is 2.73. The number of hydrogen-bond acceptors (Lipinski definition) is 8. The van der Waals surface area contributed by atoms with Crippen molar-refractivity contribution < 1.29 is 34.8 Å². The Bertz CT molecular complexity index is 1060. The molecule has 2 unspecified atom stereocenters. The highest BCUT2D eigenvalue weighted by atomic mass is 16.3. The molecule has 32 heavy (non-hydrogen) atoms. The number of aliphatic hydroxyl groups excluding tert-OH is 2. The highest BCUT2D eigenvalue weighted by Crippen LogP contribution is 2.52. The fraction of sp³-hybridized carbons (Fsp3) is 0.522. The van der Waals surface area contributed by atoms with Gasteiger partial charge in [-0.15, -0.1) is 0 Å². The van der Waals surface area contributed by atoms with Gasteiger partial charge in [-0.2, -0.15) is 0 Å². The molecule has 9 nitrogen and oxygen atoms in total. The third-order valence-electron chi connectivity index (χ3n) is 7.43. The average molecular weight is 444 g/mol. The maximum Gasteiger partial charge on any atom is 0.233 e. The molecule has 5 N–H and O–H groups in total. The van der Waals surface area contributed by atoms with Gasteiger partial charge in [-0.05, 0) is 57.0 Å². The molecular formula is C23H28N2O7. The molecule has 0 spiro atoms. The number of hydrogen-bond donors (Lipinski definition) is 5. The Labute approximate surface area is 185 Å². The van der Waals surface area contributed by atoms with Crippen molar-refractivity contribution in [1.82, 2.24) is 10.2 Å². The van der Waals surface area contributed by atoms with E-state index in [1.807, 2.05) is 6.92 Å². The lowest BCUT2D eigenvalue weighted by atomic mass is 9.54. The number of aliphatic hydroxyl groups is 3. The van der Waals surface area contributed by atoms with Crippen LogP contribution in [0.5, 0.6) is 5.75 Å². The van der Waals surface area contributed by atoms with Crippen LogP contribution in [0.1, 0.15) is 23.1 Å². The summed E-state index contributed by atoms with van der Waals surface area (Å²) < 4.78 is 0. The third-order valence-corrected chi connectivity index (χ3v) is 7.43. The summed E-state index contributed by atoms with van der Waals surface area (Å²) in [6.45, 7) is 1.84. The van der Waals surface area contributed by atoms with E-state index in [0.29, 0.717) is 12.0 Å². The van der Waals surface area contributed by atoms with E-state index in [1.165, 1.54) is 13.1 Å². The number of likely N-dealkylation sites (N-methyl/N-ethyl adjacent to an activating group) is 1. The molecule has 4 rings (SSSR count). The normalized spacial score (nSPS) is 34.2. The van der Waals surface area contributed by atoms with Gasteiger partial charge in [0.15, 0.2) is 11.4 Å². The monoisotopic (exact) mass is 444 g/mol. The van der Waals surface area contributed by atoms with Crippen LogP contribution in [0.3, 0.4) is 0 Å². The molecule has 172 valence electrons. The number of amides is 1. The van der Waals surface area contributed by atoms with E-state index < -0.39 is 58.7 Å². The number of benzene rings is 1. The van der Waals surface area contributed by atoms with Crippen LogP contribution in [-0.2, 0) is 20.8 Å². The molecule has 0 aliphatic heterocycles. The first kappa shape index (κ1) is 22.4. The molecule has 1 aromatic carbocycles. The van der Waals surface area contributed by atoms with Gasteiger partial charge in [0.25, 0.3) is 0 Å². The summed E-state index contributed by atoms with van der Waals surface area (Å²) in [6, 6.07) is 2.29. The lowest BCUT2D eigenvalue weighted by molar-refractivity contribution is -0.184. The number of Topliss-reactive ketones (excluding diaryl/α,β-unsaturated/α-hetero) is 2. The molecule has 1 aromatic rings. The van der Waals surface area contributed by atoms with Crippen molar-refractivity contribution in [2.45, 2.75) is 37.5 Å². The van der Waals surface area contributed by atoms with Gasteiger partial charge in [-0.25, -0.2) is 0 Å². The Morgan fingerprint density at radius 3 is 2.47 bits per heavy atom. The van der Waals surface area contributed by atoms with Crippen LogP contribution in [0.4, 0.5) is 0 Å². The summed E-state index contributed by atoms with van der Waals surface area (Å²) in [4.78, 5) is 41.1. The van der Waals surface area contributed by atoms with Crippen molar-refractivity contribution in [2.24, 2.45) is 17.8 Å². The van der Waals surface area contributed by atoms with E-state index in [4.69, 9.17) is 0 Å². The van der Waals surface area contributed by atoms with Gasteiger partial charge in [0.05, 0.1) is 11.7 Å². The first-order valence-electron chi connectivity index (χ1n) is 10.6. The number of nitrogens with one attached hydrogen (secondary N) is 1. The molecule has 0 radical (unpaired) electrons. The second kappa shape index (κ2) is 7.40. The van der Waals surface area contributed by atoms with E-state index in [1.54, 1.807) is 25.1 Å². The van der Waals surface area contributed by atoms with E-state index >= 15 is 0 Å². The standard InChI is InChI=1S/C23H28N2O7/c1-9-5-6-13(26)15-11(9)7-10-8-12-17(25(3)4)19(28)16(22(31)24-2)21(30)23(12,32)20(29)14(10)18(15)27/h5-6,10,12,16-17,19,26-28,32H,7-8H2,1-4H3,(H,24,31)/t10-,12-,16?,17-,19?,23-/m0/s1. The second-order valence-electron chi connectivity index (χ2n) is 9.26. The van der Waals surface area contributed by atoms with Crippen LogP contribution in [0, 0.1) is 24.7 Å². The highest BCUT2D eigenvalue weighted by Gasteiger charge is 2.67. The smallest absolute Gasteiger partial charge is 0.233 e. The summed E-state index contributed by atoms with van der Waals surface area (Å²) in [5.74, 6) is -6.62. The van der Waals surface area contributed by atoms with E-state index in [9.17, 15) is 34.8 Å². The number of rotatable bonds is 2. The number of fused-ring (bicyclic) bond motifs is 3. The number of phenols is 1. The van der Waals surface area contributed by atoms with Crippen molar-refractivity contribution in [2.75, 3.05) is 21.1 Å². The Hall–Kier alpha value is -2.75. The second-order valence-corrected chi connectivity index (χ2v) is 9.26. The highest BCUT2D eigenvalue weighted by molar-refractivity contribution is 6.25. The minimum Gasteiger partial charge on any atom is -0.507 e. The van der Waals surface area contributed by atoms with Crippen molar-refractivity contribution in [3.8, 4) is 5.75 Å². The number of carbonyl (C=O) groups is 3. The summed E-state index contributed by atoms with van der Waals surface area (Å²) >= 11 is 0. The number of aromatic hydroxyl groups is 1. The Balaban J connectivity index is 1.92. The van der Waals surface area contributed by atoms with Crippen molar-refractivity contribution in [3.05, 3.63) is 34.4 Å². The Kier molecular flexibility index (Phi) is 5.19. The molecule has 0 heterocycles. The van der Waals surface area contributed by atoms with Gasteiger partial charge in [0.2, 0.25) is 11.7 Å². The molecule has 2 fully saturated rings. The van der Waals surface area contributed by atoms with Crippen LogP contribution in [-0.4, -0.2) is 81.7 Å². The fourth-order valence-electron chi connectivity index (χ4n) is 5.89. The number of carbonyl (C=O) groups excluding carboxylic acids is 3. The Morgan fingerprint density at radius 1 is 1.22 bits per heavy atom. The van der Waals surface area contributed by atoms with Gasteiger partial charge >= 0.3 is 0 Å². The van der Waals surface area contributed by atoms with E-state index in [0.717, 1.165) is 5.56 Å². The predicted octanol–water partition coefficient (Wildman–Crippen LogP) is -0.302. The molecule has 0 aromatic heterocycles. The van der Waals surface area contributed by atoms with Gasteiger partial charge < -0.3 is 30.6 Å². The van der Waals surface area contributed by atoms with Gasteiger partial charge in [-0.3, -0.25) is 14.4 Å². The lowest BCUT2D eigenvalue weighted by Gasteiger charge is -2.53. The summed E-state index contributed by atoms with van der Waals surface area (Å²) in [7, 11) is 4.60. The molecular weight excluding hydrogens is 416 g/mol. The van der Waals surface area contributed by atoms with Crippen LogP contribution in [0.2, 0.25) is 0 Å². The maximum atomic E-state index is 13.7. The third kappa shape index (κ3) is 2.78. The summed E-state index contributed by atoms with van der Waals surface area (Å²) in [5, 5.41) is 46.2. The SMILES string of the molecule is CNC(=O)C1C(=O)[C@@]2(O)C(=O)C3=C(O)c4c(O)ccc(C)c4C[C@H]3C[C@H]2[C@H](N(C)C)C1O. The van der Waals surface area contributed by atoms with E-state index in [-0.39, 0.29) is 23.3 Å². The zero-order valence-electron chi connectivity index (χ0n) is 18.4. The predicted molar refractivity (Wildman–Crippen MR) is 114 cm³/mol. The van der Waals surface area contributed by atoms with Crippen molar-refractivity contribution in [3.63, 3.8) is 0 Å². The number of ketones is 2. The van der Waals surface area contributed by atoms with Crippen LogP contribution in [0.15, 0.2) is 17.7 Å². The maximum absolute atomic E-state index is 13.7. The van der Waals surface area contributed by atoms with Gasteiger partial charge in [0.1, 0.15) is 17.4 Å². The molecule has 0 saturated heterocycles. The fourth-order valence-corrected chi connectivity index (χ4v) is 5.89. The molecule has 9 heteroatoms. The number of nitrogens with zero attached hydrogens (tertiary/aromatic N) is 1. The summed E-state index contributed by atoms with van der Waals surface area (Å²) in [6.07, 6.45) is -0.949. The number of phenolic OH excluding ortho intramolecular Hbond substituents is 1.